The van der Waals surface area contributed by atoms with Crippen LogP contribution in [-0.4, -0.2) is 55.7 Å². The van der Waals surface area contributed by atoms with E-state index in [0.29, 0.717) is 25.1 Å². The molecular formula is C16H21F3N2O. The Morgan fingerprint density at radius 1 is 1.00 bits per heavy atom. The summed E-state index contributed by atoms with van der Waals surface area (Å²) in [6, 6.07) is 4.54. The van der Waals surface area contributed by atoms with Crippen molar-refractivity contribution >= 4 is 0 Å². The SMILES string of the molecule is FC(F)(F)c1cccc2c1CCN(CCN1CCOCC1)C2. The molecule has 1 aromatic carbocycles. The van der Waals surface area contributed by atoms with Gasteiger partial charge in [0.05, 0.1) is 18.8 Å². The number of halogens is 3. The molecule has 0 aromatic heterocycles. The van der Waals surface area contributed by atoms with Crippen molar-refractivity contribution in [3.05, 3.63) is 34.9 Å². The largest absolute Gasteiger partial charge is 0.416 e. The second kappa shape index (κ2) is 6.56. The summed E-state index contributed by atoms with van der Waals surface area (Å²) < 4.78 is 44.4. The molecule has 1 fully saturated rings. The first-order valence-corrected chi connectivity index (χ1v) is 7.74. The van der Waals surface area contributed by atoms with Gasteiger partial charge in [0, 0.05) is 39.3 Å². The molecule has 3 nitrogen and oxygen atoms in total. The standard InChI is InChI=1S/C16H21F3N2O/c17-16(18,19)15-3-1-2-13-12-21(5-4-14(13)15)7-6-20-8-10-22-11-9-20/h1-3H,4-12H2. The molecule has 122 valence electrons. The van der Waals surface area contributed by atoms with Crippen molar-refractivity contribution in [3.63, 3.8) is 0 Å². The summed E-state index contributed by atoms with van der Waals surface area (Å²) in [4.78, 5) is 4.60. The van der Waals surface area contributed by atoms with Crippen molar-refractivity contribution in [1.29, 1.82) is 0 Å². The molecule has 2 aliphatic rings. The van der Waals surface area contributed by atoms with E-state index in [-0.39, 0.29) is 0 Å². The van der Waals surface area contributed by atoms with Gasteiger partial charge in [-0.25, -0.2) is 0 Å². The molecule has 0 amide bonds. The summed E-state index contributed by atoms with van der Waals surface area (Å²) in [5.74, 6) is 0. The number of nitrogens with zero attached hydrogens (tertiary/aromatic N) is 2. The number of fused-ring (bicyclic) bond motifs is 1. The molecule has 0 radical (unpaired) electrons. The zero-order chi connectivity index (χ0) is 15.6. The monoisotopic (exact) mass is 314 g/mol. The van der Waals surface area contributed by atoms with E-state index in [4.69, 9.17) is 4.74 Å². The lowest BCUT2D eigenvalue weighted by Crippen LogP contribution is -2.42. The maximum absolute atomic E-state index is 13.0. The fourth-order valence-electron chi connectivity index (χ4n) is 3.23. The molecule has 0 atom stereocenters. The fourth-order valence-corrected chi connectivity index (χ4v) is 3.23. The molecule has 0 spiro atoms. The molecule has 1 saturated heterocycles. The van der Waals surface area contributed by atoms with E-state index < -0.39 is 11.7 Å². The third-order valence-corrected chi connectivity index (χ3v) is 4.49. The van der Waals surface area contributed by atoms with Crippen LogP contribution in [0, 0.1) is 0 Å². The number of alkyl halides is 3. The van der Waals surface area contributed by atoms with E-state index in [9.17, 15) is 13.2 Å². The normalized spacial score (nSPS) is 20.9. The highest BCUT2D eigenvalue weighted by molar-refractivity contribution is 5.38. The van der Waals surface area contributed by atoms with Gasteiger partial charge >= 0.3 is 6.18 Å². The van der Waals surface area contributed by atoms with E-state index in [1.165, 1.54) is 12.1 Å². The Morgan fingerprint density at radius 2 is 1.73 bits per heavy atom. The van der Waals surface area contributed by atoms with E-state index >= 15 is 0 Å². The first-order chi connectivity index (χ1) is 10.5. The van der Waals surface area contributed by atoms with Gasteiger partial charge in [0.25, 0.3) is 0 Å². The third kappa shape index (κ3) is 3.62. The summed E-state index contributed by atoms with van der Waals surface area (Å²) in [5, 5.41) is 0. The number of morpholine rings is 1. The van der Waals surface area contributed by atoms with Crippen LogP contribution < -0.4 is 0 Å². The molecule has 0 unspecified atom stereocenters. The second-order valence-corrected chi connectivity index (χ2v) is 5.92. The highest BCUT2D eigenvalue weighted by atomic mass is 19.4. The summed E-state index contributed by atoms with van der Waals surface area (Å²) in [6.45, 7) is 6.61. The number of ether oxygens (including phenoxy) is 1. The molecule has 0 saturated carbocycles. The lowest BCUT2D eigenvalue weighted by molar-refractivity contribution is -0.138. The van der Waals surface area contributed by atoms with E-state index in [2.05, 4.69) is 9.80 Å². The average molecular weight is 314 g/mol. The van der Waals surface area contributed by atoms with Gasteiger partial charge < -0.3 is 4.74 Å². The molecule has 0 bridgehead atoms. The van der Waals surface area contributed by atoms with Gasteiger partial charge in [0.15, 0.2) is 0 Å². The lowest BCUT2D eigenvalue weighted by Gasteiger charge is -2.33. The Hall–Kier alpha value is -1.11. The first-order valence-electron chi connectivity index (χ1n) is 7.74. The van der Waals surface area contributed by atoms with Crippen molar-refractivity contribution in [3.8, 4) is 0 Å². The zero-order valence-corrected chi connectivity index (χ0v) is 12.5. The Balaban J connectivity index is 1.62. The van der Waals surface area contributed by atoms with Crippen molar-refractivity contribution in [1.82, 2.24) is 9.80 Å². The van der Waals surface area contributed by atoms with Gasteiger partial charge in [-0.3, -0.25) is 9.80 Å². The molecular weight excluding hydrogens is 293 g/mol. The molecule has 1 aromatic rings. The number of hydrogen-bond acceptors (Lipinski definition) is 3. The fraction of sp³-hybridized carbons (Fsp3) is 0.625. The van der Waals surface area contributed by atoms with Gasteiger partial charge in [-0.05, 0) is 23.6 Å². The lowest BCUT2D eigenvalue weighted by atomic mass is 9.94. The Bertz CT molecular complexity index is 513. The summed E-state index contributed by atoms with van der Waals surface area (Å²) in [7, 11) is 0. The molecule has 0 N–H and O–H groups in total. The smallest absolute Gasteiger partial charge is 0.379 e. The van der Waals surface area contributed by atoms with Crippen LogP contribution in [0.5, 0.6) is 0 Å². The van der Waals surface area contributed by atoms with Gasteiger partial charge in [-0.2, -0.15) is 13.2 Å². The Morgan fingerprint density at radius 3 is 2.45 bits per heavy atom. The van der Waals surface area contributed by atoms with Crippen LogP contribution in [0.3, 0.4) is 0 Å². The average Bonchev–Trinajstić information content (AvgIpc) is 2.52. The van der Waals surface area contributed by atoms with Crippen LogP contribution >= 0.6 is 0 Å². The van der Waals surface area contributed by atoms with Crippen LogP contribution in [0.2, 0.25) is 0 Å². The zero-order valence-electron chi connectivity index (χ0n) is 12.5. The predicted octanol–water partition coefficient (Wildman–Crippen LogP) is 2.40. The molecule has 0 aliphatic carbocycles. The minimum Gasteiger partial charge on any atom is -0.379 e. The van der Waals surface area contributed by atoms with Gasteiger partial charge in [0.2, 0.25) is 0 Å². The van der Waals surface area contributed by atoms with Crippen LogP contribution in [-0.2, 0) is 23.9 Å². The third-order valence-electron chi connectivity index (χ3n) is 4.49. The molecule has 6 heteroatoms. The summed E-state index contributed by atoms with van der Waals surface area (Å²) in [5.41, 5.74) is 0.846. The van der Waals surface area contributed by atoms with E-state index in [1.807, 2.05) is 6.07 Å². The Kier molecular flexibility index (Phi) is 4.70. The number of benzene rings is 1. The number of hydrogen-bond donors (Lipinski definition) is 0. The van der Waals surface area contributed by atoms with Crippen LogP contribution in [0.25, 0.3) is 0 Å². The molecule has 22 heavy (non-hydrogen) atoms. The quantitative estimate of drug-likeness (QED) is 0.852. The second-order valence-electron chi connectivity index (χ2n) is 5.92. The Labute approximate surface area is 128 Å². The summed E-state index contributed by atoms with van der Waals surface area (Å²) >= 11 is 0. The highest BCUT2D eigenvalue weighted by Crippen LogP contribution is 2.35. The van der Waals surface area contributed by atoms with Crippen molar-refractivity contribution in [2.45, 2.75) is 19.1 Å². The highest BCUT2D eigenvalue weighted by Gasteiger charge is 2.35. The van der Waals surface area contributed by atoms with Gasteiger partial charge in [-0.1, -0.05) is 12.1 Å². The predicted molar refractivity (Wildman–Crippen MR) is 77.7 cm³/mol. The molecule has 3 rings (SSSR count). The topological polar surface area (TPSA) is 15.7 Å². The maximum atomic E-state index is 13.0. The maximum Gasteiger partial charge on any atom is 0.416 e. The minimum absolute atomic E-state index is 0.460. The molecule has 2 aliphatic heterocycles. The van der Waals surface area contributed by atoms with Gasteiger partial charge in [0.1, 0.15) is 0 Å². The van der Waals surface area contributed by atoms with Gasteiger partial charge in [-0.15, -0.1) is 0 Å². The van der Waals surface area contributed by atoms with Crippen LogP contribution in [0.1, 0.15) is 16.7 Å². The van der Waals surface area contributed by atoms with E-state index in [0.717, 1.165) is 45.0 Å². The first kappa shape index (κ1) is 15.8. The van der Waals surface area contributed by atoms with Crippen LogP contribution in [0.4, 0.5) is 13.2 Å². The molecule has 2 heterocycles. The summed E-state index contributed by atoms with van der Waals surface area (Å²) in [6.07, 6.45) is -3.77. The minimum atomic E-state index is -4.25. The van der Waals surface area contributed by atoms with Crippen LogP contribution in [0.15, 0.2) is 18.2 Å². The van der Waals surface area contributed by atoms with Crippen molar-refractivity contribution in [2.75, 3.05) is 45.9 Å². The van der Waals surface area contributed by atoms with E-state index in [1.54, 1.807) is 0 Å². The number of rotatable bonds is 3. The van der Waals surface area contributed by atoms with Crippen molar-refractivity contribution in [2.24, 2.45) is 0 Å². The van der Waals surface area contributed by atoms with Crippen molar-refractivity contribution < 1.29 is 17.9 Å².